The van der Waals surface area contributed by atoms with E-state index in [4.69, 9.17) is 4.74 Å². The van der Waals surface area contributed by atoms with Crippen LogP contribution in [0.2, 0.25) is 0 Å². The Hall–Kier alpha value is -3.27. The zero-order valence-electron chi connectivity index (χ0n) is 14.8. The van der Waals surface area contributed by atoms with Crippen LogP contribution in [0.25, 0.3) is 0 Å². The minimum absolute atomic E-state index is 0.00953. The maximum absolute atomic E-state index is 13.1. The van der Waals surface area contributed by atoms with Gasteiger partial charge in [0, 0.05) is 28.6 Å². The molecular formula is C22H20N2O2. The van der Waals surface area contributed by atoms with Gasteiger partial charge in [-0.25, -0.2) is 0 Å². The molecule has 1 amide bonds. The molecule has 1 N–H and O–H groups in total. The highest BCUT2D eigenvalue weighted by atomic mass is 16.5. The highest BCUT2D eigenvalue weighted by Crippen LogP contribution is 2.39. The molecule has 0 saturated heterocycles. The SMILES string of the molecule is COc1cccc(N[C@H]2c3ccccc3C(=O)N2c2ccccc2C)c1. The van der Waals surface area contributed by atoms with Crippen LogP contribution in [0.3, 0.4) is 0 Å². The standard InChI is InChI=1S/C22H20N2O2/c1-15-8-3-6-13-20(15)24-21(18-11-4-5-12-19(18)22(24)25)23-16-9-7-10-17(14-16)26-2/h3-14,21,23H,1-2H3/t21-/m1/s1. The fourth-order valence-electron chi connectivity index (χ4n) is 3.41. The molecule has 1 aliphatic rings. The molecule has 4 rings (SSSR count). The van der Waals surface area contributed by atoms with E-state index < -0.39 is 0 Å². The predicted octanol–water partition coefficient (Wildman–Crippen LogP) is 4.77. The number of amides is 1. The summed E-state index contributed by atoms with van der Waals surface area (Å²) in [4.78, 5) is 15.0. The van der Waals surface area contributed by atoms with Crippen molar-refractivity contribution >= 4 is 17.3 Å². The van der Waals surface area contributed by atoms with E-state index in [1.807, 2.05) is 84.6 Å². The van der Waals surface area contributed by atoms with E-state index in [0.29, 0.717) is 0 Å². The number of hydrogen-bond donors (Lipinski definition) is 1. The zero-order chi connectivity index (χ0) is 18.1. The third-order valence-corrected chi connectivity index (χ3v) is 4.71. The van der Waals surface area contributed by atoms with Crippen molar-refractivity contribution < 1.29 is 9.53 Å². The highest BCUT2D eigenvalue weighted by molar-refractivity contribution is 6.11. The second kappa shape index (κ2) is 6.56. The van der Waals surface area contributed by atoms with E-state index in [1.54, 1.807) is 7.11 Å². The van der Waals surface area contributed by atoms with Crippen molar-refractivity contribution in [3.63, 3.8) is 0 Å². The first-order valence-corrected chi connectivity index (χ1v) is 8.58. The maximum atomic E-state index is 13.1. The van der Waals surface area contributed by atoms with Crippen LogP contribution >= 0.6 is 0 Å². The van der Waals surface area contributed by atoms with Gasteiger partial charge in [-0.05, 0) is 36.8 Å². The van der Waals surface area contributed by atoms with Crippen LogP contribution in [0, 0.1) is 6.92 Å². The summed E-state index contributed by atoms with van der Waals surface area (Å²) in [6, 6.07) is 23.4. The maximum Gasteiger partial charge on any atom is 0.260 e. The molecule has 3 aromatic rings. The van der Waals surface area contributed by atoms with Gasteiger partial charge in [0.2, 0.25) is 0 Å². The van der Waals surface area contributed by atoms with Crippen molar-refractivity contribution in [1.29, 1.82) is 0 Å². The third kappa shape index (κ3) is 2.69. The molecule has 1 aliphatic heterocycles. The quantitative estimate of drug-likeness (QED) is 0.741. The van der Waals surface area contributed by atoms with Gasteiger partial charge in [0.25, 0.3) is 5.91 Å². The fraction of sp³-hybridized carbons (Fsp3) is 0.136. The molecule has 0 aliphatic carbocycles. The number of rotatable bonds is 4. The van der Waals surface area contributed by atoms with Crippen LogP contribution in [0.1, 0.15) is 27.7 Å². The molecule has 4 nitrogen and oxygen atoms in total. The van der Waals surface area contributed by atoms with E-state index in [1.165, 1.54) is 0 Å². The summed E-state index contributed by atoms with van der Waals surface area (Å²) in [5.74, 6) is 0.783. The lowest BCUT2D eigenvalue weighted by atomic mass is 10.1. The number of methoxy groups -OCH3 is 1. The molecule has 0 aromatic heterocycles. The van der Waals surface area contributed by atoms with E-state index >= 15 is 0 Å². The van der Waals surface area contributed by atoms with Gasteiger partial charge >= 0.3 is 0 Å². The molecule has 3 aromatic carbocycles. The Kier molecular flexibility index (Phi) is 4.09. The number of nitrogens with one attached hydrogen (secondary N) is 1. The number of nitrogens with zero attached hydrogens (tertiary/aromatic N) is 1. The lowest BCUT2D eigenvalue weighted by Crippen LogP contribution is -2.32. The molecule has 0 saturated carbocycles. The van der Waals surface area contributed by atoms with Crippen molar-refractivity contribution in [3.8, 4) is 5.75 Å². The van der Waals surface area contributed by atoms with E-state index in [9.17, 15) is 4.79 Å². The lowest BCUT2D eigenvalue weighted by Gasteiger charge is -2.28. The minimum Gasteiger partial charge on any atom is -0.497 e. The first-order chi connectivity index (χ1) is 12.7. The van der Waals surface area contributed by atoms with Crippen molar-refractivity contribution in [1.82, 2.24) is 0 Å². The second-order valence-electron chi connectivity index (χ2n) is 6.33. The molecule has 130 valence electrons. The average Bonchev–Trinajstić information content (AvgIpc) is 2.95. The second-order valence-corrected chi connectivity index (χ2v) is 6.33. The van der Waals surface area contributed by atoms with E-state index in [2.05, 4.69) is 5.32 Å². The summed E-state index contributed by atoms with van der Waals surface area (Å²) in [6.45, 7) is 2.02. The predicted molar refractivity (Wildman–Crippen MR) is 104 cm³/mol. The van der Waals surface area contributed by atoms with Gasteiger partial charge in [0.15, 0.2) is 0 Å². The molecule has 0 fully saturated rings. The molecular weight excluding hydrogens is 324 g/mol. The molecule has 0 bridgehead atoms. The largest absolute Gasteiger partial charge is 0.497 e. The van der Waals surface area contributed by atoms with Gasteiger partial charge in [-0.2, -0.15) is 0 Å². The number of hydrogen-bond acceptors (Lipinski definition) is 3. The lowest BCUT2D eigenvalue weighted by molar-refractivity contribution is 0.0993. The monoisotopic (exact) mass is 344 g/mol. The summed E-state index contributed by atoms with van der Waals surface area (Å²) in [7, 11) is 1.65. The van der Waals surface area contributed by atoms with Crippen LogP contribution in [-0.4, -0.2) is 13.0 Å². The van der Waals surface area contributed by atoms with Gasteiger partial charge in [-0.3, -0.25) is 9.69 Å². The zero-order valence-corrected chi connectivity index (χ0v) is 14.8. The van der Waals surface area contributed by atoms with Crippen LogP contribution in [-0.2, 0) is 0 Å². The normalized spacial score (nSPS) is 15.7. The van der Waals surface area contributed by atoms with Crippen molar-refractivity contribution in [2.75, 3.05) is 17.3 Å². The topological polar surface area (TPSA) is 41.6 Å². The summed E-state index contributed by atoms with van der Waals surface area (Å²) in [6.07, 6.45) is -0.271. The number of carbonyl (C=O) groups excluding carboxylic acids is 1. The van der Waals surface area contributed by atoms with Crippen molar-refractivity contribution in [3.05, 3.63) is 89.5 Å². The average molecular weight is 344 g/mol. The number of aryl methyl sites for hydroxylation is 1. The highest BCUT2D eigenvalue weighted by Gasteiger charge is 2.38. The Morgan fingerprint density at radius 3 is 2.54 bits per heavy atom. The van der Waals surface area contributed by atoms with Crippen molar-refractivity contribution in [2.45, 2.75) is 13.1 Å². The third-order valence-electron chi connectivity index (χ3n) is 4.71. The van der Waals surface area contributed by atoms with Crippen LogP contribution in [0.4, 0.5) is 11.4 Å². The molecule has 1 atom stereocenters. The number of fused-ring (bicyclic) bond motifs is 1. The summed E-state index contributed by atoms with van der Waals surface area (Å²) in [5.41, 5.74) is 4.58. The van der Waals surface area contributed by atoms with E-state index in [-0.39, 0.29) is 12.1 Å². The first kappa shape index (κ1) is 16.2. The summed E-state index contributed by atoms with van der Waals surface area (Å²) >= 11 is 0. The fourth-order valence-corrected chi connectivity index (χ4v) is 3.41. The van der Waals surface area contributed by atoms with Crippen LogP contribution in [0.5, 0.6) is 5.75 Å². The molecule has 0 spiro atoms. The first-order valence-electron chi connectivity index (χ1n) is 8.58. The Balaban J connectivity index is 1.80. The van der Waals surface area contributed by atoms with E-state index in [0.717, 1.165) is 33.8 Å². The van der Waals surface area contributed by atoms with Gasteiger partial charge in [0.1, 0.15) is 11.9 Å². The summed E-state index contributed by atoms with van der Waals surface area (Å²) < 4.78 is 5.32. The van der Waals surface area contributed by atoms with Gasteiger partial charge in [-0.15, -0.1) is 0 Å². The molecule has 4 heteroatoms. The Bertz CT molecular complexity index is 968. The Morgan fingerprint density at radius 1 is 0.962 bits per heavy atom. The van der Waals surface area contributed by atoms with Crippen LogP contribution in [0.15, 0.2) is 72.8 Å². The molecule has 1 heterocycles. The molecule has 0 unspecified atom stereocenters. The van der Waals surface area contributed by atoms with Gasteiger partial charge < -0.3 is 10.1 Å². The minimum atomic E-state index is -0.271. The van der Waals surface area contributed by atoms with Gasteiger partial charge in [-0.1, -0.05) is 42.5 Å². The summed E-state index contributed by atoms with van der Waals surface area (Å²) in [5, 5.41) is 3.50. The Morgan fingerprint density at radius 2 is 1.73 bits per heavy atom. The van der Waals surface area contributed by atoms with Crippen molar-refractivity contribution in [2.24, 2.45) is 0 Å². The smallest absolute Gasteiger partial charge is 0.260 e. The number of anilines is 2. The number of para-hydroxylation sites is 1. The van der Waals surface area contributed by atoms with Gasteiger partial charge in [0.05, 0.1) is 7.11 Å². The molecule has 26 heavy (non-hydrogen) atoms. The number of ether oxygens (including phenoxy) is 1. The molecule has 0 radical (unpaired) electrons. The number of benzene rings is 3. The van der Waals surface area contributed by atoms with Crippen LogP contribution < -0.4 is 15.0 Å². The Labute approximate surface area is 153 Å². The number of carbonyl (C=O) groups is 1.